The molecular formula is C25H25ClF3N3O4. The van der Waals surface area contributed by atoms with Gasteiger partial charge in [0.05, 0.1) is 7.11 Å². The number of amides is 3. The van der Waals surface area contributed by atoms with Crippen LogP contribution in [0.4, 0.5) is 23.7 Å². The van der Waals surface area contributed by atoms with Crippen LogP contribution < -0.4 is 10.2 Å². The second kappa shape index (κ2) is 10.4. The molecule has 1 aliphatic heterocycles. The van der Waals surface area contributed by atoms with Crippen molar-refractivity contribution in [1.29, 1.82) is 0 Å². The van der Waals surface area contributed by atoms with Gasteiger partial charge in [-0.15, -0.1) is 0 Å². The molecule has 36 heavy (non-hydrogen) atoms. The highest BCUT2D eigenvalue weighted by Crippen LogP contribution is 2.39. The average molecular weight is 524 g/mol. The number of carbonyl (C=O) groups excluding carboxylic acids is 3. The summed E-state index contributed by atoms with van der Waals surface area (Å²) in [4.78, 5) is 42.3. The number of ether oxygens (including phenoxy) is 1. The summed E-state index contributed by atoms with van der Waals surface area (Å²) < 4.78 is 46.0. The molecule has 2 aromatic carbocycles. The van der Waals surface area contributed by atoms with Gasteiger partial charge in [-0.1, -0.05) is 35.9 Å². The molecule has 2 atom stereocenters. The van der Waals surface area contributed by atoms with Gasteiger partial charge in [0, 0.05) is 41.7 Å². The number of benzene rings is 2. The summed E-state index contributed by atoms with van der Waals surface area (Å²) in [5.41, 5.74) is 0.277. The van der Waals surface area contributed by atoms with Gasteiger partial charge in [-0.2, -0.15) is 0 Å². The molecule has 0 spiro atoms. The molecule has 4 rings (SSSR count). The highest BCUT2D eigenvalue weighted by atomic mass is 35.5. The molecule has 2 aliphatic rings. The Hall–Kier alpha value is -3.27. The van der Waals surface area contributed by atoms with Crippen LogP contribution in [0.25, 0.3) is 0 Å². The van der Waals surface area contributed by atoms with Gasteiger partial charge in [-0.25, -0.2) is 18.0 Å². The zero-order valence-corrected chi connectivity index (χ0v) is 20.2. The van der Waals surface area contributed by atoms with E-state index in [4.69, 9.17) is 16.3 Å². The third kappa shape index (κ3) is 5.28. The first kappa shape index (κ1) is 25.8. The smallest absolute Gasteiger partial charge is 0.410 e. The van der Waals surface area contributed by atoms with E-state index in [9.17, 15) is 27.6 Å². The van der Waals surface area contributed by atoms with Crippen molar-refractivity contribution in [2.24, 2.45) is 0 Å². The number of methoxy groups -OCH3 is 1. The van der Waals surface area contributed by atoms with E-state index in [1.807, 2.05) is 0 Å². The quantitative estimate of drug-likeness (QED) is 0.595. The van der Waals surface area contributed by atoms with E-state index in [-0.39, 0.29) is 22.8 Å². The number of hydrogen-bond acceptors (Lipinski definition) is 4. The molecule has 3 amide bonds. The van der Waals surface area contributed by atoms with Crippen LogP contribution in [0, 0.1) is 5.82 Å². The summed E-state index contributed by atoms with van der Waals surface area (Å²) in [5, 5.41) is 2.74. The second-order valence-electron chi connectivity index (χ2n) is 8.90. The minimum atomic E-state index is -2.87. The van der Waals surface area contributed by atoms with Crippen LogP contribution in [0.3, 0.4) is 0 Å². The number of anilines is 1. The number of hydrogen-bond donors (Lipinski definition) is 1. The molecule has 1 saturated heterocycles. The van der Waals surface area contributed by atoms with Gasteiger partial charge < -0.3 is 10.1 Å². The predicted octanol–water partition coefficient (Wildman–Crippen LogP) is 4.70. The Morgan fingerprint density at radius 1 is 1.17 bits per heavy atom. The Balaban J connectivity index is 1.79. The molecule has 1 heterocycles. The van der Waals surface area contributed by atoms with Gasteiger partial charge >= 0.3 is 6.09 Å². The van der Waals surface area contributed by atoms with Crippen molar-refractivity contribution in [2.45, 2.75) is 49.7 Å². The molecule has 11 heteroatoms. The van der Waals surface area contributed by atoms with Crippen LogP contribution in [0.1, 0.15) is 37.3 Å². The van der Waals surface area contributed by atoms with Gasteiger partial charge in [-0.3, -0.25) is 19.4 Å². The van der Waals surface area contributed by atoms with Crippen molar-refractivity contribution in [3.63, 3.8) is 0 Å². The third-order valence-corrected chi connectivity index (χ3v) is 6.76. The summed E-state index contributed by atoms with van der Waals surface area (Å²) in [6.45, 7) is 0.264. The van der Waals surface area contributed by atoms with Crippen molar-refractivity contribution in [2.75, 3.05) is 18.6 Å². The SMILES string of the molecule is COC(=O)N1CCC[C@H]1C(=O)N(c1cccc(F)c1)[C@H](C(=O)NC1CC(F)(F)C1)c1ccccc1Cl. The van der Waals surface area contributed by atoms with Crippen molar-refractivity contribution >= 4 is 35.2 Å². The molecule has 1 aliphatic carbocycles. The Morgan fingerprint density at radius 3 is 2.53 bits per heavy atom. The monoisotopic (exact) mass is 523 g/mol. The van der Waals surface area contributed by atoms with Crippen molar-refractivity contribution in [3.8, 4) is 0 Å². The fourth-order valence-corrected chi connectivity index (χ4v) is 4.93. The van der Waals surface area contributed by atoms with Crippen LogP contribution in [-0.2, 0) is 14.3 Å². The highest BCUT2D eigenvalue weighted by Gasteiger charge is 2.48. The van der Waals surface area contributed by atoms with E-state index in [1.165, 1.54) is 42.3 Å². The van der Waals surface area contributed by atoms with E-state index in [0.29, 0.717) is 12.8 Å². The lowest BCUT2D eigenvalue weighted by Crippen LogP contribution is -2.56. The predicted molar refractivity (Wildman–Crippen MR) is 126 cm³/mol. The van der Waals surface area contributed by atoms with Crippen LogP contribution in [0.2, 0.25) is 5.02 Å². The Labute approximate surface area is 211 Å². The molecule has 2 fully saturated rings. The molecule has 0 unspecified atom stereocenters. The number of nitrogens with one attached hydrogen (secondary N) is 1. The number of halogens is 4. The summed E-state index contributed by atoms with van der Waals surface area (Å²) in [7, 11) is 1.20. The van der Waals surface area contributed by atoms with Gasteiger partial charge in [0.25, 0.3) is 11.8 Å². The number of likely N-dealkylation sites (tertiary alicyclic amines) is 1. The van der Waals surface area contributed by atoms with Crippen LogP contribution in [0.15, 0.2) is 48.5 Å². The number of rotatable bonds is 6. The average Bonchev–Trinajstić information content (AvgIpc) is 3.31. The fraction of sp³-hybridized carbons (Fsp3) is 0.400. The van der Waals surface area contributed by atoms with Crippen LogP contribution >= 0.6 is 11.6 Å². The maximum Gasteiger partial charge on any atom is 0.410 e. The number of carbonyl (C=O) groups is 3. The van der Waals surface area contributed by atoms with Gasteiger partial charge in [0.1, 0.15) is 17.9 Å². The zero-order chi connectivity index (χ0) is 26.0. The van der Waals surface area contributed by atoms with Gasteiger partial charge in [0.15, 0.2) is 0 Å². The lowest BCUT2D eigenvalue weighted by Gasteiger charge is -2.39. The maximum atomic E-state index is 14.3. The van der Waals surface area contributed by atoms with E-state index in [0.717, 1.165) is 11.0 Å². The minimum absolute atomic E-state index is 0.0516. The molecule has 7 nitrogen and oxygen atoms in total. The van der Waals surface area contributed by atoms with Gasteiger partial charge in [0.2, 0.25) is 5.91 Å². The minimum Gasteiger partial charge on any atom is -0.453 e. The first-order valence-corrected chi connectivity index (χ1v) is 11.8. The normalized spacial score (nSPS) is 19.8. The summed E-state index contributed by atoms with van der Waals surface area (Å²) >= 11 is 6.42. The topological polar surface area (TPSA) is 79.0 Å². The Morgan fingerprint density at radius 2 is 1.89 bits per heavy atom. The maximum absolute atomic E-state index is 14.3. The van der Waals surface area contributed by atoms with E-state index in [1.54, 1.807) is 12.1 Å². The van der Waals surface area contributed by atoms with E-state index < -0.39 is 60.6 Å². The lowest BCUT2D eigenvalue weighted by atomic mass is 9.87. The Kier molecular flexibility index (Phi) is 7.44. The molecule has 0 bridgehead atoms. The Bertz CT molecular complexity index is 1160. The lowest BCUT2D eigenvalue weighted by molar-refractivity contribution is -0.133. The summed E-state index contributed by atoms with van der Waals surface area (Å²) in [6, 6.07) is 8.23. The molecule has 1 saturated carbocycles. The summed E-state index contributed by atoms with van der Waals surface area (Å²) in [5.74, 6) is -4.93. The van der Waals surface area contributed by atoms with Crippen LogP contribution in [-0.4, -0.2) is 54.5 Å². The van der Waals surface area contributed by atoms with E-state index in [2.05, 4.69) is 5.32 Å². The first-order valence-electron chi connectivity index (χ1n) is 11.5. The first-order chi connectivity index (χ1) is 17.1. The second-order valence-corrected chi connectivity index (χ2v) is 9.31. The molecule has 192 valence electrons. The largest absolute Gasteiger partial charge is 0.453 e. The van der Waals surface area contributed by atoms with Crippen molar-refractivity contribution in [3.05, 3.63) is 64.9 Å². The molecular weight excluding hydrogens is 499 g/mol. The fourth-order valence-electron chi connectivity index (χ4n) is 4.69. The van der Waals surface area contributed by atoms with Gasteiger partial charge in [-0.05, 0) is 37.1 Å². The third-order valence-electron chi connectivity index (χ3n) is 6.41. The van der Waals surface area contributed by atoms with E-state index >= 15 is 0 Å². The highest BCUT2D eigenvalue weighted by molar-refractivity contribution is 6.31. The number of nitrogens with zero attached hydrogens (tertiary/aromatic N) is 2. The molecule has 0 aromatic heterocycles. The summed E-state index contributed by atoms with van der Waals surface area (Å²) in [6.07, 6.45) is -0.949. The van der Waals surface area contributed by atoms with Crippen LogP contribution in [0.5, 0.6) is 0 Å². The standard InChI is InChI=1S/C25H25ClF3N3O4/c1-36-24(35)31-11-5-10-20(31)23(34)32(17-7-4-6-15(27)12-17)21(18-8-2-3-9-19(18)26)22(33)30-16-13-25(28,29)14-16/h2-4,6-9,12,16,20-21H,5,10-11,13-14H2,1H3,(H,30,33)/t20-,21-/m0/s1. The zero-order valence-electron chi connectivity index (χ0n) is 19.4. The number of alkyl halides is 2. The molecule has 0 radical (unpaired) electrons. The van der Waals surface area contributed by atoms with Crippen molar-refractivity contribution < 1.29 is 32.3 Å². The van der Waals surface area contributed by atoms with Crippen molar-refractivity contribution in [1.82, 2.24) is 10.2 Å². The molecule has 1 N–H and O–H groups in total. The molecule has 2 aromatic rings.